The van der Waals surface area contributed by atoms with E-state index in [1.807, 2.05) is 0 Å². The van der Waals surface area contributed by atoms with Gasteiger partial charge in [-0.3, -0.25) is 4.79 Å². The molecule has 144 valence electrons. The van der Waals surface area contributed by atoms with Crippen molar-refractivity contribution in [3.05, 3.63) is 64.7 Å². The summed E-state index contributed by atoms with van der Waals surface area (Å²) in [7, 11) is -2.46. The molecule has 0 atom stereocenters. The molecule has 0 heterocycles. The summed E-state index contributed by atoms with van der Waals surface area (Å²) >= 11 is 5.78. The molecule has 0 bridgehead atoms. The van der Waals surface area contributed by atoms with E-state index in [1.165, 1.54) is 25.3 Å². The average Bonchev–Trinajstić information content (AvgIpc) is 2.66. The number of hydrogen-bond donors (Lipinski definition) is 1. The van der Waals surface area contributed by atoms with Crippen LogP contribution in [-0.4, -0.2) is 34.0 Å². The van der Waals surface area contributed by atoms with Crippen molar-refractivity contribution in [3.8, 4) is 0 Å². The largest absolute Gasteiger partial charge is 0.465 e. The van der Waals surface area contributed by atoms with Gasteiger partial charge in [0.05, 0.1) is 24.0 Å². The summed E-state index contributed by atoms with van der Waals surface area (Å²) in [5.41, 5.74) is 1.08. The van der Waals surface area contributed by atoms with Crippen molar-refractivity contribution in [1.82, 2.24) is 4.72 Å². The Hall–Kier alpha value is -2.42. The maximum Gasteiger partial charge on any atom is 0.337 e. The first kappa shape index (κ1) is 20.9. The van der Waals surface area contributed by atoms with E-state index < -0.39 is 22.0 Å². The van der Waals surface area contributed by atoms with Gasteiger partial charge >= 0.3 is 11.9 Å². The number of methoxy groups -OCH3 is 1. The predicted octanol–water partition coefficient (Wildman–Crippen LogP) is 2.54. The molecule has 1 N–H and O–H groups in total. The molecular weight excluding hydrogens is 394 g/mol. The van der Waals surface area contributed by atoms with Crippen LogP contribution < -0.4 is 4.72 Å². The lowest BCUT2D eigenvalue weighted by atomic mass is 10.1. The highest BCUT2D eigenvalue weighted by molar-refractivity contribution is 7.89. The van der Waals surface area contributed by atoms with E-state index in [1.54, 1.807) is 30.3 Å². The molecule has 0 aliphatic heterocycles. The minimum atomic E-state index is -3.75. The van der Waals surface area contributed by atoms with Crippen molar-refractivity contribution in [2.45, 2.75) is 17.9 Å². The van der Waals surface area contributed by atoms with Crippen molar-refractivity contribution < 1.29 is 27.5 Å². The van der Waals surface area contributed by atoms with Gasteiger partial charge in [-0.1, -0.05) is 29.8 Å². The smallest absolute Gasteiger partial charge is 0.337 e. The number of carbonyl (C=O) groups is 2. The monoisotopic (exact) mass is 411 g/mol. The fourth-order valence-corrected chi connectivity index (χ4v) is 3.43. The first-order valence-electron chi connectivity index (χ1n) is 7.90. The lowest BCUT2D eigenvalue weighted by Gasteiger charge is -2.08. The average molecular weight is 412 g/mol. The second kappa shape index (κ2) is 9.50. The summed E-state index contributed by atoms with van der Waals surface area (Å²) in [6.45, 7) is -0.0870. The van der Waals surface area contributed by atoms with Gasteiger partial charge in [-0.15, -0.1) is 0 Å². The second-order valence-corrected chi connectivity index (χ2v) is 7.66. The Kier molecular flexibility index (Phi) is 7.35. The van der Waals surface area contributed by atoms with Gasteiger partial charge < -0.3 is 9.47 Å². The number of carbonyl (C=O) groups excluding carboxylic acids is 2. The summed E-state index contributed by atoms with van der Waals surface area (Å²) in [5.74, 6) is -1.01. The van der Waals surface area contributed by atoms with Crippen LogP contribution in [0.5, 0.6) is 0 Å². The number of hydrogen-bond acceptors (Lipinski definition) is 6. The number of nitrogens with one attached hydrogen (secondary N) is 1. The summed E-state index contributed by atoms with van der Waals surface area (Å²) in [6, 6.07) is 12.2. The molecule has 0 unspecified atom stereocenters. The minimum absolute atomic E-state index is 0.0152. The van der Waals surface area contributed by atoms with Crippen LogP contribution >= 0.6 is 11.6 Å². The zero-order valence-electron chi connectivity index (χ0n) is 14.5. The van der Waals surface area contributed by atoms with Crippen LogP contribution in [0.3, 0.4) is 0 Å². The first-order chi connectivity index (χ1) is 12.8. The molecule has 0 spiro atoms. The van der Waals surface area contributed by atoms with Crippen LogP contribution in [0.15, 0.2) is 53.4 Å². The fourth-order valence-electron chi connectivity index (χ4n) is 2.10. The molecule has 0 fully saturated rings. The third kappa shape index (κ3) is 6.35. The lowest BCUT2D eigenvalue weighted by molar-refractivity contribution is -0.144. The fraction of sp³-hybridized carbons (Fsp3) is 0.222. The molecule has 2 aromatic rings. The number of sulfonamides is 1. The minimum Gasteiger partial charge on any atom is -0.465 e. The van der Waals surface area contributed by atoms with Crippen molar-refractivity contribution in [3.63, 3.8) is 0 Å². The van der Waals surface area contributed by atoms with Crippen molar-refractivity contribution in [2.24, 2.45) is 0 Å². The van der Waals surface area contributed by atoms with Crippen LogP contribution in [0.25, 0.3) is 0 Å². The van der Waals surface area contributed by atoms with Crippen LogP contribution in [-0.2, 0) is 30.9 Å². The Bertz CT molecular complexity index is 912. The molecule has 0 aliphatic rings. The summed E-state index contributed by atoms with van der Waals surface area (Å²) < 4.78 is 36.2. The highest BCUT2D eigenvalue weighted by Gasteiger charge is 2.15. The first-order valence-corrected chi connectivity index (χ1v) is 9.76. The van der Waals surface area contributed by atoms with Gasteiger partial charge in [0, 0.05) is 11.6 Å². The summed E-state index contributed by atoms with van der Waals surface area (Å²) in [4.78, 5) is 23.1. The molecule has 0 aliphatic carbocycles. The zero-order chi connectivity index (χ0) is 19.9. The van der Waals surface area contributed by atoms with Crippen molar-refractivity contribution >= 4 is 33.6 Å². The molecule has 2 aromatic carbocycles. The predicted molar refractivity (Wildman–Crippen MR) is 98.8 cm³/mol. The molecule has 7 nitrogen and oxygen atoms in total. The van der Waals surface area contributed by atoms with Gasteiger partial charge in [-0.2, -0.15) is 0 Å². The SMILES string of the molecule is COC(=O)c1ccc(COC(=O)CCNS(=O)(=O)c2cccc(Cl)c2)cc1. The number of benzene rings is 2. The van der Waals surface area contributed by atoms with E-state index >= 15 is 0 Å². The zero-order valence-corrected chi connectivity index (χ0v) is 16.0. The molecule has 0 aromatic heterocycles. The van der Waals surface area contributed by atoms with E-state index in [9.17, 15) is 18.0 Å². The molecular formula is C18H18ClNO6S. The van der Waals surface area contributed by atoms with Gasteiger partial charge in [0.25, 0.3) is 0 Å². The van der Waals surface area contributed by atoms with Gasteiger partial charge in [0.2, 0.25) is 10.0 Å². The highest BCUT2D eigenvalue weighted by atomic mass is 35.5. The van der Waals surface area contributed by atoms with Crippen molar-refractivity contribution in [2.75, 3.05) is 13.7 Å². The topological polar surface area (TPSA) is 98.8 Å². The maximum atomic E-state index is 12.1. The van der Waals surface area contributed by atoms with E-state index in [0.717, 1.165) is 0 Å². The van der Waals surface area contributed by atoms with E-state index in [4.69, 9.17) is 16.3 Å². The van der Waals surface area contributed by atoms with Crippen LogP contribution in [0.2, 0.25) is 5.02 Å². The number of esters is 2. The Balaban J connectivity index is 1.78. The number of halogens is 1. The molecule has 2 rings (SSSR count). The third-order valence-electron chi connectivity index (χ3n) is 3.50. The van der Waals surface area contributed by atoms with Gasteiger partial charge in [-0.05, 0) is 35.9 Å². The highest BCUT2D eigenvalue weighted by Crippen LogP contribution is 2.15. The molecule has 0 saturated heterocycles. The maximum absolute atomic E-state index is 12.1. The van der Waals surface area contributed by atoms with E-state index in [-0.39, 0.29) is 24.5 Å². The van der Waals surface area contributed by atoms with Crippen LogP contribution in [0.4, 0.5) is 0 Å². The lowest BCUT2D eigenvalue weighted by Crippen LogP contribution is -2.26. The Morgan fingerprint density at radius 2 is 1.81 bits per heavy atom. The number of ether oxygens (including phenoxy) is 2. The van der Waals surface area contributed by atoms with E-state index in [0.29, 0.717) is 16.1 Å². The van der Waals surface area contributed by atoms with Crippen LogP contribution in [0, 0.1) is 0 Å². The van der Waals surface area contributed by atoms with Gasteiger partial charge in [0.15, 0.2) is 0 Å². The molecule has 9 heteroatoms. The Labute approximate surface area is 162 Å². The Morgan fingerprint density at radius 3 is 2.44 bits per heavy atom. The van der Waals surface area contributed by atoms with Gasteiger partial charge in [0.1, 0.15) is 6.61 Å². The van der Waals surface area contributed by atoms with E-state index in [2.05, 4.69) is 9.46 Å². The molecule has 0 radical (unpaired) electrons. The quantitative estimate of drug-likeness (QED) is 0.670. The number of rotatable bonds is 8. The summed E-state index contributed by atoms with van der Waals surface area (Å²) in [6.07, 6.45) is -0.125. The van der Waals surface area contributed by atoms with Gasteiger partial charge in [-0.25, -0.2) is 17.9 Å². The molecule has 0 saturated carbocycles. The third-order valence-corrected chi connectivity index (χ3v) is 5.20. The molecule has 27 heavy (non-hydrogen) atoms. The van der Waals surface area contributed by atoms with Crippen molar-refractivity contribution in [1.29, 1.82) is 0 Å². The van der Waals surface area contributed by atoms with Crippen LogP contribution in [0.1, 0.15) is 22.3 Å². The standard InChI is InChI=1S/C18H18ClNO6S/c1-25-18(22)14-7-5-13(6-8-14)12-26-17(21)9-10-20-27(23,24)16-4-2-3-15(19)11-16/h2-8,11,20H,9-10,12H2,1H3. The Morgan fingerprint density at radius 1 is 1.11 bits per heavy atom. The summed E-state index contributed by atoms with van der Waals surface area (Å²) in [5, 5.41) is 0.301. The molecule has 0 amide bonds. The second-order valence-electron chi connectivity index (χ2n) is 5.45. The normalized spacial score (nSPS) is 11.0.